The summed E-state index contributed by atoms with van der Waals surface area (Å²) in [5.74, 6) is -5.98. The largest absolute Gasteiger partial charge is 0.343 e. The van der Waals surface area contributed by atoms with E-state index in [2.05, 4.69) is 0 Å². The molecule has 6 nitrogen and oxygen atoms in total. The summed E-state index contributed by atoms with van der Waals surface area (Å²) in [6.07, 6.45) is 0. The van der Waals surface area contributed by atoms with Crippen LogP contribution < -0.4 is 17.2 Å². The Labute approximate surface area is 58.2 Å². The highest BCUT2D eigenvalue weighted by Crippen LogP contribution is 2.14. The molecule has 0 rings (SSSR count). The summed E-state index contributed by atoms with van der Waals surface area (Å²) in [5.41, 5.74) is 15.1. The molecule has 1 atom stereocenters. The summed E-state index contributed by atoms with van der Waals surface area (Å²) in [5, 5.41) is 25.5. The van der Waals surface area contributed by atoms with Crippen LogP contribution in [0.5, 0.6) is 0 Å². The van der Waals surface area contributed by atoms with Crippen molar-refractivity contribution < 1.29 is 15.3 Å². The predicted octanol–water partition coefficient (Wildman–Crippen LogP) is -3.22. The third kappa shape index (κ3) is 2.56. The van der Waals surface area contributed by atoms with Gasteiger partial charge in [-0.3, -0.25) is 0 Å². The van der Waals surface area contributed by atoms with Gasteiger partial charge in [0.25, 0.3) is 5.97 Å². The van der Waals surface area contributed by atoms with Crippen molar-refractivity contribution in [2.24, 2.45) is 23.1 Å². The Morgan fingerprint density at radius 1 is 1.10 bits per heavy atom. The molecule has 1 unspecified atom stereocenters. The minimum Gasteiger partial charge on any atom is -0.343 e. The lowest BCUT2D eigenvalue weighted by atomic mass is 10.0. The summed E-state index contributed by atoms with van der Waals surface area (Å²) >= 11 is 0. The van der Waals surface area contributed by atoms with E-state index in [-0.39, 0.29) is 0 Å². The molecule has 0 fully saturated rings. The maximum Gasteiger partial charge on any atom is 0.282 e. The summed E-state index contributed by atoms with van der Waals surface area (Å²) in [7, 11) is 0. The minimum atomic E-state index is -2.93. The topological polar surface area (TPSA) is 139 Å². The van der Waals surface area contributed by atoms with E-state index < -0.39 is 17.7 Å². The number of hydrogen-bond donors (Lipinski definition) is 6. The van der Waals surface area contributed by atoms with Crippen molar-refractivity contribution in [1.82, 2.24) is 0 Å². The van der Waals surface area contributed by atoms with E-state index in [4.69, 9.17) is 32.5 Å². The summed E-state index contributed by atoms with van der Waals surface area (Å²) in [6.45, 7) is 1.21. The van der Waals surface area contributed by atoms with Crippen molar-refractivity contribution in [3.05, 3.63) is 0 Å². The molecule has 9 N–H and O–H groups in total. The van der Waals surface area contributed by atoms with Crippen LogP contribution in [-0.4, -0.2) is 27.1 Å². The van der Waals surface area contributed by atoms with E-state index in [1.807, 2.05) is 0 Å². The smallest absolute Gasteiger partial charge is 0.282 e. The lowest BCUT2D eigenvalue weighted by Gasteiger charge is -2.32. The molecule has 62 valence electrons. The third-order valence-corrected chi connectivity index (χ3v) is 1.33. The molecular formula is C4H13N3O3. The second-order valence-corrected chi connectivity index (χ2v) is 2.41. The van der Waals surface area contributed by atoms with E-state index in [9.17, 15) is 0 Å². The van der Waals surface area contributed by atoms with Crippen LogP contribution in [0.1, 0.15) is 6.92 Å². The third-order valence-electron chi connectivity index (χ3n) is 1.33. The molecule has 0 heterocycles. The number of rotatable bonds is 2. The van der Waals surface area contributed by atoms with E-state index in [1.54, 1.807) is 0 Å². The Morgan fingerprint density at radius 2 is 1.40 bits per heavy atom. The molecule has 0 aliphatic rings. The van der Waals surface area contributed by atoms with Gasteiger partial charge in [-0.2, -0.15) is 0 Å². The molecule has 0 amide bonds. The number of hydrogen-bond acceptors (Lipinski definition) is 6. The molecule has 0 aromatic carbocycles. The van der Waals surface area contributed by atoms with Crippen LogP contribution in [0, 0.1) is 5.92 Å². The van der Waals surface area contributed by atoms with Gasteiger partial charge in [-0.25, -0.2) is 0 Å². The van der Waals surface area contributed by atoms with Gasteiger partial charge in [0.15, 0.2) is 0 Å². The molecular weight excluding hydrogens is 138 g/mol. The van der Waals surface area contributed by atoms with Gasteiger partial charge in [0.1, 0.15) is 5.79 Å². The van der Waals surface area contributed by atoms with Gasteiger partial charge in [0, 0.05) is 0 Å². The fourth-order valence-electron chi connectivity index (χ4n) is 0.335. The molecule has 0 radical (unpaired) electrons. The molecule has 0 aliphatic carbocycles. The molecule has 0 spiro atoms. The fraction of sp³-hybridized carbons (Fsp3) is 1.00. The minimum absolute atomic E-state index is 1.21. The van der Waals surface area contributed by atoms with Crippen LogP contribution >= 0.6 is 0 Å². The molecule has 0 saturated carbocycles. The van der Waals surface area contributed by atoms with E-state index in [1.165, 1.54) is 6.92 Å². The van der Waals surface area contributed by atoms with Crippen molar-refractivity contribution in [2.45, 2.75) is 18.7 Å². The zero-order valence-corrected chi connectivity index (χ0v) is 5.65. The van der Waals surface area contributed by atoms with Crippen LogP contribution in [0.3, 0.4) is 0 Å². The highest BCUT2D eigenvalue weighted by atomic mass is 16.7. The average Bonchev–Trinajstić information content (AvgIpc) is 1.59. The van der Waals surface area contributed by atoms with Gasteiger partial charge in [-0.05, 0) is 0 Å². The van der Waals surface area contributed by atoms with Gasteiger partial charge in [-0.1, -0.05) is 6.92 Å². The first-order valence-electron chi connectivity index (χ1n) is 2.69. The predicted molar refractivity (Wildman–Crippen MR) is 33.8 cm³/mol. The molecule has 0 aromatic rings. The number of nitrogens with two attached hydrogens (primary N) is 3. The Morgan fingerprint density at radius 3 is 1.40 bits per heavy atom. The Bertz CT molecular complexity index is 99.9. The zero-order valence-electron chi connectivity index (χ0n) is 5.65. The van der Waals surface area contributed by atoms with Crippen LogP contribution in [0.2, 0.25) is 0 Å². The van der Waals surface area contributed by atoms with Gasteiger partial charge in [0.05, 0.1) is 5.92 Å². The lowest BCUT2D eigenvalue weighted by Crippen LogP contribution is -2.68. The molecule has 0 bridgehead atoms. The first-order valence-corrected chi connectivity index (χ1v) is 2.69. The Hall–Kier alpha value is -0.240. The monoisotopic (exact) mass is 151 g/mol. The molecule has 10 heavy (non-hydrogen) atoms. The van der Waals surface area contributed by atoms with Crippen molar-refractivity contribution in [1.29, 1.82) is 0 Å². The van der Waals surface area contributed by atoms with Crippen LogP contribution in [0.25, 0.3) is 0 Å². The van der Waals surface area contributed by atoms with Crippen molar-refractivity contribution in [2.75, 3.05) is 0 Å². The number of aliphatic hydroxyl groups is 3. The summed E-state index contributed by atoms with van der Waals surface area (Å²) in [6, 6.07) is 0. The molecule has 0 saturated heterocycles. The van der Waals surface area contributed by atoms with E-state index >= 15 is 0 Å². The second kappa shape index (κ2) is 2.42. The van der Waals surface area contributed by atoms with Gasteiger partial charge >= 0.3 is 0 Å². The second-order valence-electron chi connectivity index (χ2n) is 2.41. The van der Waals surface area contributed by atoms with Crippen LogP contribution in [0.15, 0.2) is 0 Å². The Balaban J connectivity index is 4.23. The SMILES string of the molecule is CC(C(N)(N)N)C(O)(O)O. The fourth-order valence-corrected chi connectivity index (χ4v) is 0.335. The van der Waals surface area contributed by atoms with Gasteiger partial charge < -0.3 is 32.5 Å². The van der Waals surface area contributed by atoms with Crippen molar-refractivity contribution in [3.63, 3.8) is 0 Å². The van der Waals surface area contributed by atoms with E-state index in [0.717, 1.165) is 0 Å². The highest BCUT2D eigenvalue weighted by molar-refractivity contribution is 4.79. The summed E-state index contributed by atoms with van der Waals surface area (Å²) in [4.78, 5) is 0. The molecule has 0 aliphatic heterocycles. The van der Waals surface area contributed by atoms with Gasteiger partial charge in [-0.15, -0.1) is 0 Å². The highest BCUT2D eigenvalue weighted by Gasteiger charge is 2.38. The van der Waals surface area contributed by atoms with Crippen molar-refractivity contribution in [3.8, 4) is 0 Å². The lowest BCUT2D eigenvalue weighted by molar-refractivity contribution is -0.347. The summed E-state index contributed by atoms with van der Waals surface area (Å²) < 4.78 is 0. The van der Waals surface area contributed by atoms with Crippen LogP contribution in [-0.2, 0) is 0 Å². The quantitative estimate of drug-likeness (QED) is 0.229. The van der Waals surface area contributed by atoms with Gasteiger partial charge in [0.2, 0.25) is 0 Å². The maximum atomic E-state index is 8.49. The van der Waals surface area contributed by atoms with E-state index in [0.29, 0.717) is 0 Å². The molecule has 0 aromatic heterocycles. The average molecular weight is 151 g/mol. The first kappa shape index (κ1) is 9.76. The Kier molecular flexibility index (Phi) is 2.36. The normalized spacial score (nSPS) is 17.1. The molecule has 6 heteroatoms. The zero-order chi connectivity index (χ0) is 8.58. The first-order chi connectivity index (χ1) is 4.15. The maximum absolute atomic E-state index is 8.49. The van der Waals surface area contributed by atoms with Crippen molar-refractivity contribution >= 4 is 0 Å². The standard InChI is InChI=1S/C4H13N3O3/c1-2(3(5,6)7)4(8,9)10/h2,8-10H,5-7H2,1H3. The van der Waals surface area contributed by atoms with Crippen LogP contribution in [0.4, 0.5) is 0 Å².